The number of pyridine rings is 3. The number of H-pyrrole nitrogens is 1. The van der Waals surface area contributed by atoms with Gasteiger partial charge in [0.15, 0.2) is 0 Å². The molecule has 0 saturated carbocycles. The van der Waals surface area contributed by atoms with Crippen LogP contribution in [-0.4, -0.2) is 42.7 Å². The lowest BCUT2D eigenvalue weighted by Gasteiger charge is -2.16. The zero-order valence-corrected chi connectivity index (χ0v) is 18.2. The first-order valence-electron chi connectivity index (χ1n) is 10.5. The van der Waals surface area contributed by atoms with Gasteiger partial charge in [0, 0.05) is 53.1 Å². The molecule has 0 aliphatic carbocycles. The van der Waals surface area contributed by atoms with Crippen molar-refractivity contribution >= 4 is 22.5 Å². The largest absolute Gasteiger partial charge is 0.408 e. The predicted octanol–water partition coefficient (Wildman–Crippen LogP) is 4.93. The molecule has 172 valence electrons. The number of hydrogen-bond donors (Lipinski definition) is 2. The molecule has 10 heteroatoms. The fraction of sp³-hybridized carbons (Fsp3) is 0.167. The zero-order chi connectivity index (χ0) is 24.0. The van der Waals surface area contributed by atoms with Crippen LogP contribution in [0.1, 0.15) is 22.8 Å². The number of fused-ring (bicyclic) bond motifs is 2. The number of amides is 1. The van der Waals surface area contributed by atoms with Crippen LogP contribution in [0.2, 0.25) is 0 Å². The molecular formula is C24H19F3N6O. The Labute approximate surface area is 191 Å². The third-order valence-electron chi connectivity index (χ3n) is 5.80. The first-order valence-corrected chi connectivity index (χ1v) is 10.5. The third kappa shape index (κ3) is 3.76. The Morgan fingerprint density at radius 3 is 2.71 bits per heavy atom. The molecule has 0 saturated heterocycles. The maximum absolute atomic E-state index is 12.9. The molecule has 5 aromatic heterocycles. The van der Waals surface area contributed by atoms with Crippen LogP contribution >= 0.6 is 0 Å². The number of nitrogens with one attached hydrogen (secondary N) is 2. The van der Waals surface area contributed by atoms with Crippen molar-refractivity contribution in [3.63, 3.8) is 0 Å². The summed E-state index contributed by atoms with van der Waals surface area (Å²) < 4.78 is 40.1. The molecule has 5 heterocycles. The van der Waals surface area contributed by atoms with Crippen molar-refractivity contribution in [2.24, 2.45) is 0 Å². The summed E-state index contributed by atoms with van der Waals surface area (Å²) in [6, 6.07) is 5.51. The summed E-state index contributed by atoms with van der Waals surface area (Å²) in [4.78, 5) is 24.4. The van der Waals surface area contributed by atoms with Crippen molar-refractivity contribution in [2.45, 2.75) is 26.1 Å². The minimum absolute atomic E-state index is 0.0580. The van der Waals surface area contributed by atoms with Crippen LogP contribution in [0.25, 0.3) is 38.8 Å². The predicted molar refractivity (Wildman–Crippen MR) is 121 cm³/mol. The van der Waals surface area contributed by atoms with Crippen molar-refractivity contribution < 1.29 is 18.0 Å². The lowest BCUT2D eigenvalue weighted by Crippen LogP contribution is -2.43. The van der Waals surface area contributed by atoms with Crippen LogP contribution in [-0.2, 0) is 0 Å². The maximum atomic E-state index is 12.9. The molecule has 0 spiro atoms. The van der Waals surface area contributed by atoms with Crippen LogP contribution in [0.15, 0.2) is 61.4 Å². The lowest BCUT2D eigenvalue weighted by atomic mass is 10.0. The van der Waals surface area contributed by atoms with E-state index in [1.54, 1.807) is 30.9 Å². The van der Waals surface area contributed by atoms with Gasteiger partial charge in [-0.3, -0.25) is 9.78 Å². The Bertz CT molecular complexity index is 1540. The molecule has 0 unspecified atom stereocenters. The zero-order valence-electron chi connectivity index (χ0n) is 18.2. The van der Waals surface area contributed by atoms with Gasteiger partial charge in [0.25, 0.3) is 5.91 Å². The number of carbonyl (C=O) groups is 1. The molecule has 0 bridgehead atoms. The summed E-state index contributed by atoms with van der Waals surface area (Å²) in [5.41, 5.74) is 5.68. The SMILES string of the molecule is Cc1ccncc1-c1cnc2[nH]cc(-c3ccn4ncc(C(=O)N[C@H](C)C(F)(F)F)c4c3)c2c1. The molecule has 0 aliphatic heterocycles. The van der Waals surface area contributed by atoms with Gasteiger partial charge in [0.2, 0.25) is 0 Å². The molecule has 1 atom stereocenters. The standard InChI is InChI=1S/C24H19F3N6O/c1-13-3-5-28-10-18(13)16-7-17-19(11-30-22(17)29-9-16)15-4-6-33-21(8-15)20(12-31-33)23(34)32-14(2)24(25,26)27/h3-12,14H,1-2H3,(H,29,30)(H,32,34)/t14-/m1/s1. The summed E-state index contributed by atoms with van der Waals surface area (Å²) in [5.74, 6) is -0.841. The minimum atomic E-state index is -4.54. The first kappa shape index (κ1) is 21.6. The number of aromatic amines is 1. The number of hydrogen-bond acceptors (Lipinski definition) is 4. The number of aryl methyl sites for hydroxylation is 1. The molecule has 0 radical (unpaired) electrons. The first-order chi connectivity index (χ1) is 16.2. The third-order valence-corrected chi connectivity index (χ3v) is 5.80. The van der Waals surface area contributed by atoms with Gasteiger partial charge in [-0.1, -0.05) is 0 Å². The van der Waals surface area contributed by atoms with E-state index in [-0.39, 0.29) is 5.56 Å². The molecule has 0 fully saturated rings. The Morgan fingerprint density at radius 1 is 1.12 bits per heavy atom. The molecule has 1 amide bonds. The summed E-state index contributed by atoms with van der Waals surface area (Å²) >= 11 is 0. The Morgan fingerprint density at radius 2 is 1.94 bits per heavy atom. The van der Waals surface area contributed by atoms with Crippen LogP contribution in [0.4, 0.5) is 13.2 Å². The van der Waals surface area contributed by atoms with E-state index in [0.717, 1.165) is 40.1 Å². The molecular weight excluding hydrogens is 445 g/mol. The van der Waals surface area contributed by atoms with E-state index in [1.807, 2.05) is 36.6 Å². The molecule has 0 aromatic carbocycles. The van der Waals surface area contributed by atoms with Crippen molar-refractivity contribution in [2.75, 3.05) is 0 Å². The van der Waals surface area contributed by atoms with Gasteiger partial charge in [-0.15, -0.1) is 0 Å². The molecule has 5 rings (SSSR count). The van der Waals surface area contributed by atoms with Gasteiger partial charge in [0.05, 0.1) is 17.3 Å². The summed E-state index contributed by atoms with van der Waals surface area (Å²) in [5, 5.41) is 6.96. The van der Waals surface area contributed by atoms with E-state index in [9.17, 15) is 18.0 Å². The van der Waals surface area contributed by atoms with Crippen LogP contribution in [0, 0.1) is 6.92 Å². The van der Waals surface area contributed by atoms with E-state index in [2.05, 4.69) is 20.1 Å². The summed E-state index contributed by atoms with van der Waals surface area (Å²) in [6.07, 6.45) is 5.49. The van der Waals surface area contributed by atoms with Gasteiger partial charge >= 0.3 is 6.18 Å². The summed E-state index contributed by atoms with van der Waals surface area (Å²) in [7, 11) is 0. The number of carbonyl (C=O) groups excluding carboxylic acids is 1. The quantitative estimate of drug-likeness (QED) is 0.395. The van der Waals surface area contributed by atoms with E-state index in [1.165, 1.54) is 10.7 Å². The van der Waals surface area contributed by atoms with Crippen LogP contribution in [0.5, 0.6) is 0 Å². The highest BCUT2D eigenvalue weighted by molar-refractivity contribution is 6.02. The van der Waals surface area contributed by atoms with Gasteiger partial charge in [-0.05, 0) is 49.2 Å². The monoisotopic (exact) mass is 464 g/mol. The van der Waals surface area contributed by atoms with E-state index >= 15 is 0 Å². The number of alkyl halides is 3. The highest BCUT2D eigenvalue weighted by Crippen LogP contribution is 2.32. The number of halogens is 3. The molecule has 34 heavy (non-hydrogen) atoms. The fourth-order valence-electron chi connectivity index (χ4n) is 3.84. The Hall–Kier alpha value is -4.21. The minimum Gasteiger partial charge on any atom is -0.346 e. The van der Waals surface area contributed by atoms with Crippen molar-refractivity contribution in [3.05, 3.63) is 72.6 Å². The van der Waals surface area contributed by atoms with Crippen molar-refractivity contribution in [3.8, 4) is 22.3 Å². The molecule has 5 aromatic rings. The smallest absolute Gasteiger partial charge is 0.346 e. The second-order valence-corrected chi connectivity index (χ2v) is 8.05. The fourth-order valence-corrected chi connectivity index (χ4v) is 3.84. The number of aromatic nitrogens is 5. The van der Waals surface area contributed by atoms with Crippen LogP contribution < -0.4 is 5.32 Å². The summed E-state index contributed by atoms with van der Waals surface area (Å²) in [6.45, 7) is 2.90. The average molecular weight is 464 g/mol. The van der Waals surface area contributed by atoms with Crippen molar-refractivity contribution in [1.29, 1.82) is 0 Å². The maximum Gasteiger partial charge on any atom is 0.408 e. The van der Waals surface area contributed by atoms with Gasteiger partial charge in [-0.2, -0.15) is 18.3 Å². The van der Waals surface area contributed by atoms with E-state index in [0.29, 0.717) is 11.2 Å². The van der Waals surface area contributed by atoms with Gasteiger partial charge in [0.1, 0.15) is 11.7 Å². The Kier molecular flexibility index (Phi) is 5.07. The molecule has 0 aliphatic rings. The second kappa shape index (κ2) is 7.98. The number of nitrogens with zero attached hydrogens (tertiary/aromatic N) is 4. The molecule has 2 N–H and O–H groups in total. The van der Waals surface area contributed by atoms with E-state index in [4.69, 9.17) is 0 Å². The van der Waals surface area contributed by atoms with Gasteiger partial charge < -0.3 is 10.3 Å². The normalized spacial score (nSPS) is 12.9. The number of rotatable bonds is 4. The van der Waals surface area contributed by atoms with Crippen LogP contribution in [0.3, 0.4) is 0 Å². The van der Waals surface area contributed by atoms with E-state index < -0.39 is 18.1 Å². The van der Waals surface area contributed by atoms with Crippen molar-refractivity contribution in [1.82, 2.24) is 29.9 Å². The average Bonchev–Trinajstić information content (AvgIpc) is 3.42. The van der Waals surface area contributed by atoms with Gasteiger partial charge in [-0.25, -0.2) is 9.50 Å². The topological polar surface area (TPSA) is 88.0 Å². The second-order valence-electron chi connectivity index (χ2n) is 8.05. The highest BCUT2D eigenvalue weighted by atomic mass is 19.4. The lowest BCUT2D eigenvalue weighted by molar-refractivity contribution is -0.149. The molecule has 7 nitrogen and oxygen atoms in total. The Balaban J connectivity index is 1.56. The highest BCUT2D eigenvalue weighted by Gasteiger charge is 2.37.